The number of likely N-dealkylation sites (tertiary alicyclic amines) is 1. The number of unbranched alkanes of at least 4 members (excludes halogenated alkanes) is 2. The van der Waals surface area contributed by atoms with Crippen molar-refractivity contribution in [1.29, 1.82) is 0 Å². The Morgan fingerprint density at radius 2 is 1.79 bits per heavy atom. The second kappa shape index (κ2) is 13.8. The lowest BCUT2D eigenvalue weighted by molar-refractivity contribution is -0.252. The minimum absolute atomic E-state index is 0.0156. The van der Waals surface area contributed by atoms with E-state index in [0.29, 0.717) is 50.9 Å². The molecule has 2 aromatic rings. The molecule has 2 saturated heterocycles. The number of benzene rings is 2. The summed E-state index contributed by atoms with van der Waals surface area (Å²) in [7, 11) is 0. The van der Waals surface area contributed by atoms with E-state index in [1.807, 2.05) is 48.5 Å². The van der Waals surface area contributed by atoms with Crippen LogP contribution >= 0.6 is 0 Å². The highest BCUT2D eigenvalue weighted by Crippen LogP contribution is 2.39. The van der Waals surface area contributed by atoms with Gasteiger partial charge in [0.2, 0.25) is 5.91 Å². The van der Waals surface area contributed by atoms with Gasteiger partial charge in [-0.25, -0.2) is 0 Å². The molecule has 9 nitrogen and oxygen atoms in total. The standard InChI is InChI=1S/C29H38N2O7/c32-19-20-9-11-21(12-10-20)26-16-25(18-31-14-13-24(33)17-31)37-29(38-26)22-5-4-6-23(15-22)30-27(34)7-2-1-3-8-28(35)36/h4-6,9-12,15,24-26,29,32-33H,1-3,7-8,13-14,16-19H2,(H,30,34)(H,35,36). The molecule has 0 saturated carbocycles. The van der Waals surface area contributed by atoms with E-state index in [-0.39, 0.29) is 37.2 Å². The van der Waals surface area contributed by atoms with Gasteiger partial charge >= 0.3 is 5.97 Å². The minimum Gasteiger partial charge on any atom is -0.481 e. The van der Waals surface area contributed by atoms with Gasteiger partial charge in [-0.15, -0.1) is 0 Å². The van der Waals surface area contributed by atoms with Gasteiger partial charge in [0, 0.05) is 50.1 Å². The number of aliphatic hydroxyl groups is 2. The summed E-state index contributed by atoms with van der Waals surface area (Å²) in [5, 5.41) is 31.0. The van der Waals surface area contributed by atoms with Crippen molar-refractivity contribution in [1.82, 2.24) is 4.90 Å². The first-order valence-electron chi connectivity index (χ1n) is 13.4. The number of hydrogen-bond acceptors (Lipinski definition) is 7. The van der Waals surface area contributed by atoms with Crippen molar-refractivity contribution < 1.29 is 34.4 Å². The number of β-amino-alcohol motifs (C(OH)–C–C–N with tert-alkyl or cyclic N) is 1. The molecule has 4 atom stereocenters. The van der Waals surface area contributed by atoms with E-state index >= 15 is 0 Å². The summed E-state index contributed by atoms with van der Waals surface area (Å²) in [4.78, 5) is 25.3. The molecule has 2 heterocycles. The number of carboxylic acids is 1. The molecular weight excluding hydrogens is 488 g/mol. The summed E-state index contributed by atoms with van der Waals surface area (Å²) in [6.45, 7) is 2.15. The summed E-state index contributed by atoms with van der Waals surface area (Å²) in [5.41, 5.74) is 3.30. The zero-order chi connectivity index (χ0) is 26.9. The highest BCUT2D eigenvalue weighted by Gasteiger charge is 2.34. The number of carbonyl (C=O) groups excluding carboxylic acids is 1. The van der Waals surface area contributed by atoms with Gasteiger partial charge in [0.05, 0.1) is 24.9 Å². The molecular formula is C29H38N2O7. The topological polar surface area (TPSA) is 129 Å². The van der Waals surface area contributed by atoms with Gasteiger partial charge in [0.15, 0.2) is 6.29 Å². The van der Waals surface area contributed by atoms with Crippen molar-refractivity contribution in [3.8, 4) is 0 Å². The maximum atomic E-state index is 12.4. The molecule has 0 aliphatic carbocycles. The molecule has 38 heavy (non-hydrogen) atoms. The molecule has 206 valence electrons. The third-order valence-corrected chi connectivity index (χ3v) is 7.06. The van der Waals surface area contributed by atoms with Gasteiger partial charge < -0.3 is 30.1 Å². The van der Waals surface area contributed by atoms with Gasteiger partial charge in [0.1, 0.15) is 0 Å². The van der Waals surface area contributed by atoms with Crippen LogP contribution in [0.25, 0.3) is 0 Å². The van der Waals surface area contributed by atoms with Crippen LogP contribution in [0.15, 0.2) is 48.5 Å². The summed E-state index contributed by atoms with van der Waals surface area (Å²) in [6.07, 6.45) is 2.54. The molecule has 2 aromatic carbocycles. The minimum atomic E-state index is -0.817. The van der Waals surface area contributed by atoms with Crippen LogP contribution in [-0.2, 0) is 25.7 Å². The lowest BCUT2D eigenvalue weighted by Gasteiger charge is -2.38. The smallest absolute Gasteiger partial charge is 0.303 e. The number of rotatable bonds is 12. The average Bonchev–Trinajstić information content (AvgIpc) is 3.32. The number of aliphatic hydroxyl groups excluding tert-OH is 2. The van der Waals surface area contributed by atoms with Crippen LogP contribution in [0.3, 0.4) is 0 Å². The molecule has 4 rings (SSSR count). The number of nitrogens with one attached hydrogen (secondary N) is 1. The normalized spacial score (nSPS) is 23.8. The van der Waals surface area contributed by atoms with Crippen LogP contribution in [0.2, 0.25) is 0 Å². The third-order valence-electron chi connectivity index (χ3n) is 7.06. The lowest BCUT2D eigenvalue weighted by Crippen LogP contribution is -2.38. The van der Waals surface area contributed by atoms with E-state index in [4.69, 9.17) is 14.6 Å². The number of carbonyl (C=O) groups is 2. The van der Waals surface area contributed by atoms with E-state index in [1.54, 1.807) is 0 Å². The van der Waals surface area contributed by atoms with Crippen LogP contribution in [-0.4, -0.2) is 63.9 Å². The fourth-order valence-corrected chi connectivity index (χ4v) is 5.02. The maximum absolute atomic E-state index is 12.4. The highest BCUT2D eigenvalue weighted by molar-refractivity contribution is 5.90. The first-order chi connectivity index (χ1) is 18.4. The van der Waals surface area contributed by atoms with E-state index in [0.717, 1.165) is 29.7 Å². The Labute approximate surface area is 223 Å². The molecule has 0 aromatic heterocycles. The van der Waals surface area contributed by atoms with Crippen LogP contribution in [0, 0.1) is 0 Å². The van der Waals surface area contributed by atoms with E-state index in [9.17, 15) is 19.8 Å². The largest absolute Gasteiger partial charge is 0.481 e. The first kappa shape index (κ1) is 28.2. The number of nitrogens with zero attached hydrogens (tertiary/aromatic N) is 1. The Hall–Kier alpha value is -2.82. The van der Waals surface area contributed by atoms with Crippen LogP contribution in [0.4, 0.5) is 5.69 Å². The van der Waals surface area contributed by atoms with E-state index in [1.165, 1.54) is 0 Å². The summed E-state index contributed by atoms with van der Waals surface area (Å²) in [6, 6.07) is 15.2. The van der Waals surface area contributed by atoms with Crippen molar-refractivity contribution >= 4 is 17.6 Å². The molecule has 0 radical (unpaired) electrons. The molecule has 2 fully saturated rings. The maximum Gasteiger partial charge on any atom is 0.303 e. The molecule has 2 aliphatic rings. The van der Waals surface area contributed by atoms with Crippen LogP contribution < -0.4 is 5.32 Å². The Bertz CT molecular complexity index is 1060. The van der Waals surface area contributed by atoms with Crippen LogP contribution in [0.1, 0.15) is 74.0 Å². The number of hydrogen-bond donors (Lipinski definition) is 4. The summed E-state index contributed by atoms with van der Waals surface area (Å²) in [5.74, 6) is -0.932. The fourth-order valence-electron chi connectivity index (χ4n) is 5.02. The number of anilines is 1. The molecule has 0 spiro atoms. The molecule has 4 unspecified atom stereocenters. The van der Waals surface area contributed by atoms with Gasteiger partial charge in [-0.05, 0) is 42.5 Å². The van der Waals surface area contributed by atoms with Crippen molar-refractivity contribution in [2.75, 3.05) is 25.0 Å². The Morgan fingerprint density at radius 1 is 1.00 bits per heavy atom. The molecule has 9 heteroatoms. The van der Waals surface area contributed by atoms with Crippen molar-refractivity contribution in [2.45, 2.75) is 76.2 Å². The molecule has 2 aliphatic heterocycles. The predicted molar refractivity (Wildman–Crippen MR) is 141 cm³/mol. The summed E-state index contributed by atoms with van der Waals surface area (Å²) >= 11 is 0. The van der Waals surface area contributed by atoms with Gasteiger partial charge in [-0.2, -0.15) is 0 Å². The number of amides is 1. The summed E-state index contributed by atoms with van der Waals surface area (Å²) < 4.78 is 12.8. The fraction of sp³-hybridized carbons (Fsp3) is 0.517. The molecule has 1 amide bonds. The Morgan fingerprint density at radius 3 is 2.50 bits per heavy atom. The van der Waals surface area contributed by atoms with Crippen molar-refractivity contribution in [2.24, 2.45) is 0 Å². The second-order valence-corrected chi connectivity index (χ2v) is 10.2. The van der Waals surface area contributed by atoms with Gasteiger partial charge in [-0.3, -0.25) is 14.5 Å². The molecule has 0 bridgehead atoms. The molecule has 4 N–H and O–H groups in total. The lowest BCUT2D eigenvalue weighted by atomic mass is 9.99. The van der Waals surface area contributed by atoms with Gasteiger partial charge in [0.25, 0.3) is 0 Å². The van der Waals surface area contributed by atoms with E-state index < -0.39 is 12.3 Å². The highest BCUT2D eigenvalue weighted by atomic mass is 16.7. The Kier molecular flexibility index (Phi) is 10.3. The van der Waals surface area contributed by atoms with Gasteiger partial charge in [-0.1, -0.05) is 42.8 Å². The second-order valence-electron chi connectivity index (χ2n) is 10.2. The Balaban J connectivity index is 1.41. The zero-order valence-electron chi connectivity index (χ0n) is 21.6. The van der Waals surface area contributed by atoms with E-state index in [2.05, 4.69) is 10.2 Å². The van der Waals surface area contributed by atoms with Crippen LogP contribution in [0.5, 0.6) is 0 Å². The number of ether oxygens (including phenoxy) is 2. The monoisotopic (exact) mass is 526 g/mol. The average molecular weight is 527 g/mol. The third kappa shape index (κ3) is 8.34. The quantitative estimate of drug-likeness (QED) is 0.308. The zero-order valence-corrected chi connectivity index (χ0v) is 21.6. The number of aliphatic carboxylic acids is 1. The SMILES string of the molecule is O=C(O)CCCCCC(=O)Nc1cccc(C2OC(CN3CCC(O)C3)CC(c3ccc(CO)cc3)O2)c1. The predicted octanol–water partition coefficient (Wildman–Crippen LogP) is 3.76. The van der Waals surface area contributed by atoms with Crippen molar-refractivity contribution in [3.05, 3.63) is 65.2 Å². The van der Waals surface area contributed by atoms with Crippen molar-refractivity contribution in [3.63, 3.8) is 0 Å². The first-order valence-corrected chi connectivity index (χ1v) is 13.4. The number of carboxylic acid groups (broad SMARTS) is 1.